The van der Waals surface area contributed by atoms with E-state index in [9.17, 15) is 32.6 Å². The largest absolute Gasteiger partial charge is 0.497 e. The molecule has 1 unspecified atom stereocenters. The fourth-order valence-electron chi connectivity index (χ4n) is 5.91. The van der Waals surface area contributed by atoms with E-state index in [-0.39, 0.29) is 55.6 Å². The number of alkyl carbamates (subject to hydrolysis) is 1. The average molecular weight is 772 g/mol. The minimum absolute atomic E-state index is 0.0352. The van der Waals surface area contributed by atoms with Gasteiger partial charge in [-0.2, -0.15) is 4.31 Å². The van der Waals surface area contributed by atoms with Gasteiger partial charge in [0.1, 0.15) is 11.9 Å². The number of sulfonamides is 1. The van der Waals surface area contributed by atoms with Crippen molar-refractivity contribution in [1.29, 1.82) is 0 Å². The molecule has 1 amide bonds. The zero-order valence-corrected chi connectivity index (χ0v) is 31.5. The summed E-state index contributed by atoms with van der Waals surface area (Å²) in [5, 5.41) is 26.3. The van der Waals surface area contributed by atoms with Gasteiger partial charge in [0.15, 0.2) is 12.4 Å². The van der Waals surface area contributed by atoms with Crippen LogP contribution in [0.1, 0.15) is 38.3 Å². The lowest BCUT2D eigenvalue weighted by atomic mass is 10.00. The Morgan fingerprint density at radius 1 is 1.04 bits per heavy atom. The van der Waals surface area contributed by atoms with Gasteiger partial charge in [0.05, 0.1) is 49.4 Å². The normalized spacial score (nSPS) is 21.7. The summed E-state index contributed by atoms with van der Waals surface area (Å²) in [6.45, 7) is 5.82. The van der Waals surface area contributed by atoms with Crippen molar-refractivity contribution < 1.29 is 61.1 Å². The predicted octanol–water partition coefficient (Wildman–Crippen LogP) is 2.57. The maximum atomic E-state index is 13.8. The summed E-state index contributed by atoms with van der Waals surface area (Å²) in [5.41, 5.74) is 1.55. The molecule has 2 aliphatic heterocycles. The first-order chi connectivity index (χ1) is 24.6. The number of nitrogens with zero attached hydrogens (tertiary/aromatic N) is 1. The fourth-order valence-corrected chi connectivity index (χ4v) is 8.66. The van der Waals surface area contributed by atoms with Crippen molar-refractivity contribution >= 4 is 29.7 Å². The Morgan fingerprint density at radius 3 is 2.35 bits per heavy atom. The van der Waals surface area contributed by atoms with Gasteiger partial charge < -0.3 is 44.7 Å². The van der Waals surface area contributed by atoms with Crippen LogP contribution in [0.15, 0.2) is 53.4 Å². The summed E-state index contributed by atoms with van der Waals surface area (Å²) >= 11 is 0. The third kappa shape index (κ3) is 11.9. The van der Waals surface area contributed by atoms with Crippen molar-refractivity contribution in [3.8, 4) is 5.75 Å². The minimum Gasteiger partial charge on any atom is -0.497 e. The minimum atomic E-state index is -4.11. The van der Waals surface area contributed by atoms with Crippen LogP contribution in [0, 0.1) is 11.8 Å². The van der Waals surface area contributed by atoms with Gasteiger partial charge in [-0.1, -0.05) is 38.1 Å². The topological polar surface area (TPSA) is 219 Å². The van der Waals surface area contributed by atoms with Crippen molar-refractivity contribution in [3.05, 3.63) is 59.7 Å². The first-order valence-corrected chi connectivity index (χ1v) is 20.3. The average Bonchev–Trinajstić information content (AvgIpc) is 3.71. The summed E-state index contributed by atoms with van der Waals surface area (Å²) < 4.78 is 67.7. The molecule has 52 heavy (non-hydrogen) atoms. The molecule has 0 aliphatic carbocycles. The van der Waals surface area contributed by atoms with Crippen LogP contribution in [0.5, 0.6) is 5.75 Å². The summed E-state index contributed by atoms with van der Waals surface area (Å²) in [6, 6.07) is 12.2. The number of ether oxygens (including phenoxy) is 4. The molecule has 18 heteroatoms. The summed E-state index contributed by atoms with van der Waals surface area (Å²) in [7, 11) is -6.67. The Bertz CT molecular complexity index is 1630. The number of aliphatic hydroxyl groups excluding tert-OH is 1. The van der Waals surface area contributed by atoms with E-state index in [1.165, 1.54) is 30.5 Å². The number of carboxylic acid groups (broad SMARTS) is 1. The van der Waals surface area contributed by atoms with E-state index in [4.69, 9.17) is 28.6 Å². The van der Waals surface area contributed by atoms with Gasteiger partial charge in [-0.05, 0) is 61.1 Å². The van der Waals surface area contributed by atoms with Crippen LogP contribution in [0.25, 0.3) is 0 Å². The number of carboxylic acids is 1. The SMILES string of the molecule is COc1ccc(S(=O)(=O)N(CC(C)C)C[C@@H](O)[C@H](Cc2ccc(CNCCP(=O)(O)O[C@@H](C)C(=O)O)cc2)NC(=O)O[C@H]2CO[C@H]3OCC[C@H]32)cc1. The van der Waals surface area contributed by atoms with Crippen LogP contribution in [0.2, 0.25) is 0 Å². The Labute approximate surface area is 304 Å². The highest BCUT2D eigenvalue weighted by molar-refractivity contribution is 7.89. The lowest BCUT2D eigenvalue weighted by Gasteiger charge is -2.31. The van der Waals surface area contributed by atoms with Crippen LogP contribution in [-0.4, -0.2) is 117 Å². The number of hydrogen-bond donors (Lipinski definition) is 5. The molecule has 290 valence electrons. The zero-order valence-electron chi connectivity index (χ0n) is 29.8. The van der Waals surface area contributed by atoms with Gasteiger partial charge in [-0.3, -0.25) is 9.09 Å². The molecule has 5 N–H and O–H groups in total. The van der Waals surface area contributed by atoms with Crippen molar-refractivity contribution in [2.45, 2.75) is 75.7 Å². The number of carbonyl (C=O) groups is 2. The second-order valence-corrected chi connectivity index (χ2v) is 17.2. The molecular weight excluding hydrogens is 721 g/mol. The van der Waals surface area contributed by atoms with Gasteiger partial charge in [-0.15, -0.1) is 0 Å². The second-order valence-electron chi connectivity index (χ2n) is 13.3. The molecule has 2 saturated heterocycles. The first-order valence-electron chi connectivity index (χ1n) is 17.1. The number of nitrogens with one attached hydrogen (secondary N) is 2. The molecule has 0 saturated carbocycles. The molecule has 2 fully saturated rings. The van der Waals surface area contributed by atoms with E-state index < -0.39 is 60.3 Å². The number of aliphatic carboxylic acids is 1. The molecule has 4 rings (SSSR count). The number of carbonyl (C=O) groups excluding carboxylic acids is 1. The fraction of sp³-hybridized carbons (Fsp3) is 0.588. The van der Waals surface area contributed by atoms with E-state index in [1.807, 2.05) is 13.8 Å². The molecular formula is C34H50N3O13PS. The summed E-state index contributed by atoms with van der Waals surface area (Å²) in [6.07, 6.45) is -3.97. The van der Waals surface area contributed by atoms with E-state index in [1.54, 1.807) is 36.4 Å². The number of methoxy groups -OCH3 is 1. The number of aliphatic hydroxyl groups is 1. The van der Waals surface area contributed by atoms with Crippen molar-refractivity contribution in [2.24, 2.45) is 11.8 Å². The van der Waals surface area contributed by atoms with Crippen LogP contribution in [0.3, 0.4) is 0 Å². The quantitative estimate of drug-likeness (QED) is 0.0966. The molecule has 0 bridgehead atoms. The van der Waals surface area contributed by atoms with Gasteiger partial charge >= 0.3 is 19.7 Å². The van der Waals surface area contributed by atoms with Gasteiger partial charge in [-0.25, -0.2) is 18.0 Å². The van der Waals surface area contributed by atoms with Gasteiger partial charge in [0.2, 0.25) is 10.0 Å². The molecule has 0 aromatic heterocycles. The number of fused-ring (bicyclic) bond motifs is 1. The lowest BCUT2D eigenvalue weighted by Crippen LogP contribution is -2.51. The zero-order chi connectivity index (χ0) is 38.1. The number of rotatable bonds is 20. The molecule has 16 nitrogen and oxygen atoms in total. The molecule has 2 aromatic carbocycles. The molecule has 0 spiro atoms. The number of benzene rings is 2. The highest BCUT2D eigenvalue weighted by Gasteiger charge is 2.44. The molecule has 7 atom stereocenters. The van der Waals surface area contributed by atoms with E-state index >= 15 is 0 Å². The molecule has 2 aromatic rings. The smallest absolute Gasteiger partial charge is 0.407 e. The third-order valence-corrected chi connectivity index (χ3v) is 12.0. The van der Waals surface area contributed by atoms with Crippen molar-refractivity contribution in [2.75, 3.05) is 46.1 Å². The third-order valence-electron chi connectivity index (χ3n) is 8.72. The molecule has 2 heterocycles. The highest BCUT2D eigenvalue weighted by atomic mass is 32.2. The Morgan fingerprint density at radius 2 is 1.71 bits per heavy atom. The molecule has 0 radical (unpaired) electrons. The molecule has 2 aliphatic rings. The maximum Gasteiger partial charge on any atom is 0.407 e. The maximum absolute atomic E-state index is 13.8. The van der Waals surface area contributed by atoms with Crippen LogP contribution >= 0.6 is 7.60 Å². The summed E-state index contributed by atoms with van der Waals surface area (Å²) in [5.74, 6) is -1.02. The van der Waals surface area contributed by atoms with Crippen LogP contribution < -0.4 is 15.4 Å². The van der Waals surface area contributed by atoms with Crippen molar-refractivity contribution in [3.63, 3.8) is 0 Å². The summed E-state index contributed by atoms with van der Waals surface area (Å²) in [4.78, 5) is 34.1. The van der Waals surface area contributed by atoms with E-state index in [0.29, 0.717) is 25.3 Å². The Hall–Kier alpha value is -3.12. The Kier molecular flexibility index (Phi) is 15.0. The standard InChI is InChI=1S/C34H50N3O13PS/c1-22(2)19-37(52(44,45)27-11-9-26(46-4)10-12-27)20-30(38)29(36-34(41)49-31-21-48-33-28(31)13-15-47-33)17-24-5-7-25(8-6-24)18-35-14-16-51(42,43)50-23(3)32(39)40/h5-12,22-23,28-31,33,35,38H,13-21H2,1-4H3,(H,36,41)(H,39,40)(H,42,43)/t23-,28-,29-,30+,31-,33+/m0/s1. The monoisotopic (exact) mass is 771 g/mol. The van der Waals surface area contributed by atoms with Gasteiger partial charge in [0.25, 0.3) is 0 Å². The van der Waals surface area contributed by atoms with Crippen LogP contribution in [0.4, 0.5) is 4.79 Å². The lowest BCUT2D eigenvalue weighted by molar-refractivity contribution is -0.144. The first kappa shape index (κ1) is 41.6. The van der Waals surface area contributed by atoms with Gasteiger partial charge in [0, 0.05) is 26.2 Å². The van der Waals surface area contributed by atoms with E-state index in [2.05, 4.69) is 10.6 Å². The predicted molar refractivity (Wildman–Crippen MR) is 188 cm³/mol. The van der Waals surface area contributed by atoms with Crippen LogP contribution in [-0.2, 0) is 51.1 Å². The number of hydrogen-bond acceptors (Lipinski definition) is 12. The van der Waals surface area contributed by atoms with E-state index in [0.717, 1.165) is 11.1 Å². The second kappa shape index (κ2) is 18.8. The highest BCUT2D eigenvalue weighted by Crippen LogP contribution is 2.42. The Balaban J connectivity index is 1.45. The van der Waals surface area contributed by atoms with Crippen molar-refractivity contribution in [1.82, 2.24) is 14.9 Å². The number of amides is 1.